The maximum absolute atomic E-state index is 12.9. The Bertz CT molecular complexity index is 554. The maximum Gasteiger partial charge on any atom is 0.461 e. The van der Waals surface area contributed by atoms with E-state index in [-0.39, 0.29) is 11.3 Å². The van der Waals surface area contributed by atoms with E-state index >= 15 is 0 Å². The molecule has 0 radical (unpaired) electrons. The molecule has 0 saturated carbocycles. The van der Waals surface area contributed by atoms with Gasteiger partial charge in [-0.15, -0.1) is 0 Å². The Balaban J connectivity index is 2.22. The fourth-order valence-corrected chi connectivity index (χ4v) is 2.35. The Labute approximate surface area is 125 Å². The Kier molecular flexibility index (Phi) is 4.60. The highest BCUT2D eigenvalue weighted by atomic mass is 19.3. The number of rotatable bonds is 5. The van der Waals surface area contributed by atoms with Gasteiger partial charge in [-0.3, -0.25) is 9.69 Å². The Morgan fingerprint density at radius 2 is 2.05 bits per heavy atom. The molecule has 0 N–H and O–H groups in total. The highest BCUT2D eigenvalue weighted by molar-refractivity contribution is 5.67. The van der Waals surface area contributed by atoms with E-state index in [0.717, 1.165) is 6.29 Å². The molecule has 1 aromatic carbocycles. The number of ether oxygens (including phenoxy) is 1. The molecule has 1 fully saturated rings. The van der Waals surface area contributed by atoms with E-state index in [4.69, 9.17) is 0 Å². The van der Waals surface area contributed by atoms with Gasteiger partial charge in [-0.1, -0.05) is 0 Å². The number of hydrogen-bond acceptors (Lipinski definition) is 4. The third-order valence-corrected chi connectivity index (χ3v) is 3.58. The largest absolute Gasteiger partial charge is 0.461 e. The summed E-state index contributed by atoms with van der Waals surface area (Å²) >= 11 is 0. The number of aryl methyl sites for hydroxylation is 1. The number of nitrogens with zero attached hydrogens (tertiary/aromatic N) is 2. The van der Waals surface area contributed by atoms with Crippen LogP contribution in [0.15, 0.2) is 18.2 Å². The fourth-order valence-electron chi connectivity index (χ4n) is 2.35. The lowest BCUT2D eigenvalue weighted by Crippen LogP contribution is -2.38. The van der Waals surface area contributed by atoms with Crippen LogP contribution in [0.25, 0.3) is 0 Å². The quantitative estimate of drug-likeness (QED) is 0.616. The van der Waals surface area contributed by atoms with Crippen molar-refractivity contribution >= 4 is 12.0 Å². The zero-order valence-corrected chi connectivity index (χ0v) is 12.1. The van der Waals surface area contributed by atoms with Gasteiger partial charge in [0.1, 0.15) is 11.9 Å². The van der Waals surface area contributed by atoms with Crippen LogP contribution in [0.2, 0.25) is 0 Å². The molecule has 1 aliphatic heterocycles. The molecule has 0 amide bonds. The molecular formula is C14H16F4N2O2. The Hall–Kier alpha value is -1.83. The van der Waals surface area contributed by atoms with Gasteiger partial charge in [0.15, 0.2) is 6.29 Å². The van der Waals surface area contributed by atoms with E-state index in [0.29, 0.717) is 18.8 Å². The van der Waals surface area contributed by atoms with E-state index in [9.17, 15) is 22.4 Å². The normalized spacial score (nSPS) is 19.8. The second-order valence-electron chi connectivity index (χ2n) is 5.14. The van der Waals surface area contributed by atoms with Gasteiger partial charge in [0, 0.05) is 18.8 Å². The highest BCUT2D eigenvalue weighted by Crippen LogP contribution is 2.32. The molecule has 1 atom stereocenters. The minimum Gasteiger partial charge on any atom is -0.428 e. The van der Waals surface area contributed by atoms with Crippen LogP contribution in [-0.4, -0.2) is 50.0 Å². The van der Waals surface area contributed by atoms with Crippen LogP contribution in [0.1, 0.15) is 5.56 Å². The number of carbonyl (C=O) groups is 1. The molecule has 4 nitrogen and oxygen atoms in total. The third-order valence-electron chi connectivity index (χ3n) is 3.58. The average Bonchev–Trinajstić information content (AvgIpc) is 2.81. The molecule has 0 bridgehead atoms. The second-order valence-corrected chi connectivity index (χ2v) is 5.14. The summed E-state index contributed by atoms with van der Waals surface area (Å²) < 4.78 is 54.3. The van der Waals surface area contributed by atoms with Crippen molar-refractivity contribution in [2.24, 2.45) is 0 Å². The van der Waals surface area contributed by atoms with Crippen LogP contribution in [-0.2, 0) is 4.79 Å². The molecule has 22 heavy (non-hydrogen) atoms. The fraction of sp³-hybridized carbons (Fsp3) is 0.500. The van der Waals surface area contributed by atoms with Crippen molar-refractivity contribution in [1.29, 1.82) is 0 Å². The first-order valence-electron chi connectivity index (χ1n) is 6.64. The highest BCUT2D eigenvalue weighted by Gasteiger charge is 2.44. The number of aldehydes is 1. The molecule has 1 aromatic rings. The standard InChI is InChI=1S/C14H16F4N2O2/c1-9-7-10(20-6-5-19(2)12(20)8-21)3-4-11(9)22-14(17,18)13(15)16/h3-4,7-8,12-13H,5-6H2,1-2H3. The first kappa shape index (κ1) is 16.5. The SMILES string of the molecule is Cc1cc(N2CCN(C)C2C=O)ccc1OC(F)(F)C(F)F. The monoisotopic (exact) mass is 320 g/mol. The van der Waals surface area contributed by atoms with Gasteiger partial charge in [0.05, 0.1) is 0 Å². The summed E-state index contributed by atoms with van der Waals surface area (Å²) in [6.45, 7) is 2.77. The molecular weight excluding hydrogens is 304 g/mol. The zero-order chi connectivity index (χ0) is 16.5. The van der Waals surface area contributed by atoms with E-state index in [1.165, 1.54) is 25.1 Å². The molecule has 122 valence electrons. The number of hydrogen-bond donors (Lipinski definition) is 0. The van der Waals surface area contributed by atoms with Crippen molar-refractivity contribution in [2.45, 2.75) is 25.6 Å². The summed E-state index contributed by atoms with van der Waals surface area (Å²) in [7, 11) is 1.80. The second kappa shape index (κ2) is 6.12. The van der Waals surface area contributed by atoms with Gasteiger partial charge in [0.2, 0.25) is 0 Å². The van der Waals surface area contributed by atoms with E-state index < -0.39 is 18.7 Å². The van der Waals surface area contributed by atoms with Crippen LogP contribution in [0.5, 0.6) is 5.75 Å². The van der Waals surface area contributed by atoms with Crippen molar-refractivity contribution in [3.8, 4) is 5.75 Å². The Morgan fingerprint density at radius 3 is 2.59 bits per heavy atom. The van der Waals surface area contributed by atoms with E-state index in [2.05, 4.69) is 4.74 Å². The minimum atomic E-state index is -4.54. The van der Waals surface area contributed by atoms with E-state index in [1.807, 2.05) is 4.90 Å². The maximum atomic E-state index is 12.9. The van der Waals surface area contributed by atoms with Gasteiger partial charge in [-0.25, -0.2) is 0 Å². The number of likely N-dealkylation sites (N-methyl/N-ethyl adjacent to an activating group) is 1. The van der Waals surface area contributed by atoms with E-state index in [1.54, 1.807) is 11.9 Å². The first-order chi connectivity index (χ1) is 10.3. The summed E-state index contributed by atoms with van der Waals surface area (Å²) in [4.78, 5) is 14.8. The number of carbonyl (C=O) groups excluding carboxylic acids is 1. The molecule has 1 saturated heterocycles. The number of benzene rings is 1. The van der Waals surface area contributed by atoms with Crippen molar-refractivity contribution < 1.29 is 27.1 Å². The molecule has 1 aliphatic rings. The number of halogens is 4. The summed E-state index contributed by atoms with van der Waals surface area (Å²) in [5, 5.41) is 0. The van der Waals surface area contributed by atoms with Gasteiger partial charge in [-0.2, -0.15) is 17.6 Å². The predicted molar refractivity (Wildman–Crippen MR) is 72.6 cm³/mol. The predicted octanol–water partition coefficient (Wildman–Crippen LogP) is 2.51. The lowest BCUT2D eigenvalue weighted by atomic mass is 10.2. The average molecular weight is 320 g/mol. The van der Waals surface area contributed by atoms with Crippen LogP contribution in [0.4, 0.5) is 23.2 Å². The number of anilines is 1. The summed E-state index contributed by atoms with van der Waals surface area (Å²) in [6, 6.07) is 4.22. The molecule has 1 unspecified atom stereocenters. The lowest BCUT2D eigenvalue weighted by Gasteiger charge is -2.26. The third kappa shape index (κ3) is 3.16. The molecule has 2 rings (SSSR count). The Morgan fingerprint density at radius 1 is 1.36 bits per heavy atom. The number of alkyl halides is 4. The summed E-state index contributed by atoms with van der Waals surface area (Å²) in [6.07, 6.45) is -8.09. The zero-order valence-electron chi connectivity index (χ0n) is 12.1. The van der Waals surface area contributed by atoms with Gasteiger partial charge in [0.25, 0.3) is 0 Å². The smallest absolute Gasteiger partial charge is 0.428 e. The van der Waals surface area contributed by atoms with Crippen LogP contribution >= 0.6 is 0 Å². The molecule has 0 spiro atoms. The van der Waals surface area contributed by atoms with Gasteiger partial charge >= 0.3 is 12.5 Å². The molecule has 0 aliphatic carbocycles. The van der Waals surface area contributed by atoms with Crippen molar-refractivity contribution in [2.75, 3.05) is 25.0 Å². The molecule has 8 heteroatoms. The van der Waals surface area contributed by atoms with Crippen LogP contribution < -0.4 is 9.64 Å². The summed E-state index contributed by atoms with van der Waals surface area (Å²) in [5.41, 5.74) is 0.934. The first-order valence-corrected chi connectivity index (χ1v) is 6.64. The van der Waals surface area contributed by atoms with Crippen LogP contribution in [0.3, 0.4) is 0 Å². The molecule has 0 aromatic heterocycles. The summed E-state index contributed by atoms with van der Waals surface area (Å²) in [5.74, 6) is -0.316. The van der Waals surface area contributed by atoms with Gasteiger partial charge < -0.3 is 9.64 Å². The topological polar surface area (TPSA) is 32.8 Å². The van der Waals surface area contributed by atoms with Crippen LogP contribution in [0, 0.1) is 6.92 Å². The minimum absolute atomic E-state index is 0.289. The molecule has 1 heterocycles. The van der Waals surface area contributed by atoms with Gasteiger partial charge in [-0.05, 0) is 37.7 Å². The lowest BCUT2D eigenvalue weighted by molar-refractivity contribution is -0.253. The van der Waals surface area contributed by atoms with Crippen molar-refractivity contribution in [3.63, 3.8) is 0 Å². The van der Waals surface area contributed by atoms with Crippen molar-refractivity contribution in [3.05, 3.63) is 23.8 Å². The van der Waals surface area contributed by atoms with Crippen molar-refractivity contribution in [1.82, 2.24) is 4.90 Å².